The molecular formula is C10H15NaO4S. The molecular weight excluding hydrogens is 239 g/mol. The van der Waals surface area contributed by atoms with Gasteiger partial charge in [-0.25, -0.2) is 8.42 Å². The second kappa shape index (κ2) is 4.05. The van der Waals surface area contributed by atoms with Gasteiger partial charge in [0.15, 0.2) is 0 Å². The third kappa shape index (κ3) is 1.90. The second-order valence-corrected chi connectivity index (χ2v) is 6.77. The summed E-state index contributed by atoms with van der Waals surface area (Å²) in [4.78, 5) is 11.8. The van der Waals surface area contributed by atoms with E-state index in [2.05, 4.69) is 0 Å². The van der Waals surface area contributed by atoms with E-state index in [-0.39, 0.29) is 46.7 Å². The Kier molecular flexibility index (Phi) is 3.71. The summed E-state index contributed by atoms with van der Waals surface area (Å²) in [6.45, 7) is 3.83. The predicted molar refractivity (Wildman–Crippen MR) is 53.1 cm³/mol. The van der Waals surface area contributed by atoms with Crippen LogP contribution in [0.3, 0.4) is 0 Å². The molecule has 6 heteroatoms. The average molecular weight is 254 g/mol. The third-order valence-electron chi connectivity index (χ3n) is 4.56. The van der Waals surface area contributed by atoms with E-state index in [9.17, 15) is 17.8 Å². The van der Waals surface area contributed by atoms with Gasteiger partial charge in [-0.15, -0.1) is 0 Å². The fourth-order valence-corrected chi connectivity index (χ4v) is 4.69. The zero-order valence-corrected chi connectivity index (χ0v) is 12.8. The molecule has 0 amide bonds. The number of ketones is 1. The number of carbonyl (C=O) groups is 1. The minimum atomic E-state index is -4.33. The van der Waals surface area contributed by atoms with Gasteiger partial charge in [-0.1, -0.05) is 13.8 Å². The van der Waals surface area contributed by atoms with Crippen LogP contribution >= 0.6 is 0 Å². The van der Waals surface area contributed by atoms with E-state index in [0.717, 1.165) is 6.42 Å². The number of rotatable bonds is 2. The fourth-order valence-electron chi connectivity index (χ4n) is 3.41. The molecule has 4 nitrogen and oxygen atoms in total. The predicted octanol–water partition coefficient (Wildman–Crippen LogP) is -2.07. The van der Waals surface area contributed by atoms with Crippen LogP contribution in [-0.4, -0.2) is 24.5 Å². The van der Waals surface area contributed by atoms with Gasteiger partial charge >= 0.3 is 29.6 Å². The van der Waals surface area contributed by atoms with Crippen molar-refractivity contribution in [2.45, 2.75) is 33.1 Å². The van der Waals surface area contributed by atoms with Crippen LogP contribution in [0.5, 0.6) is 0 Å². The van der Waals surface area contributed by atoms with Gasteiger partial charge in [-0.05, 0) is 24.2 Å². The maximum absolute atomic E-state index is 11.8. The second-order valence-electron chi connectivity index (χ2n) is 5.37. The first-order chi connectivity index (χ1) is 6.69. The zero-order chi connectivity index (χ0) is 11.5. The molecule has 2 aliphatic carbocycles. The van der Waals surface area contributed by atoms with Gasteiger partial charge in [0, 0.05) is 11.8 Å². The van der Waals surface area contributed by atoms with Crippen LogP contribution in [-0.2, 0) is 14.9 Å². The van der Waals surface area contributed by atoms with E-state index in [1.54, 1.807) is 0 Å². The molecule has 2 aliphatic rings. The molecule has 0 spiro atoms. The summed E-state index contributed by atoms with van der Waals surface area (Å²) in [5.41, 5.74) is -1.22. The van der Waals surface area contributed by atoms with Crippen molar-refractivity contribution in [1.82, 2.24) is 0 Å². The molecule has 0 N–H and O–H groups in total. The molecule has 2 atom stereocenters. The molecule has 0 aromatic rings. The maximum atomic E-state index is 11.8. The van der Waals surface area contributed by atoms with Gasteiger partial charge in [-0.2, -0.15) is 0 Å². The quantitative estimate of drug-likeness (QED) is 0.419. The van der Waals surface area contributed by atoms with E-state index in [4.69, 9.17) is 0 Å². The Morgan fingerprint density at radius 1 is 1.44 bits per heavy atom. The van der Waals surface area contributed by atoms with Gasteiger partial charge in [-0.3, -0.25) is 4.79 Å². The summed E-state index contributed by atoms with van der Waals surface area (Å²) in [5.74, 6) is -0.280. The minimum absolute atomic E-state index is 0. The number of hydrogen-bond donors (Lipinski definition) is 0. The number of hydrogen-bond acceptors (Lipinski definition) is 4. The van der Waals surface area contributed by atoms with Crippen LogP contribution in [0.25, 0.3) is 0 Å². The summed E-state index contributed by atoms with van der Waals surface area (Å²) < 4.78 is 32.7. The molecule has 2 bridgehead atoms. The Bertz CT molecular complexity index is 415. The van der Waals surface area contributed by atoms with E-state index in [1.165, 1.54) is 0 Å². The summed E-state index contributed by atoms with van der Waals surface area (Å²) in [6, 6.07) is 0. The van der Waals surface area contributed by atoms with Crippen molar-refractivity contribution < 1.29 is 47.3 Å². The summed E-state index contributed by atoms with van der Waals surface area (Å²) in [5, 5.41) is 0. The molecule has 2 rings (SSSR count). The molecule has 0 unspecified atom stereocenters. The van der Waals surface area contributed by atoms with Crippen molar-refractivity contribution in [2.75, 3.05) is 5.75 Å². The van der Waals surface area contributed by atoms with Crippen molar-refractivity contribution in [1.29, 1.82) is 0 Å². The SMILES string of the molecule is CC1(C)[C@@H]2CC[C@@]1(CS(=O)(=O)[O-])C(=O)C2.[Na+]. The fraction of sp³-hybridized carbons (Fsp3) is 0.900. The van der Waals surface area contributed by atoms with Crippen molar-refractivity contribution in [2.24, 2.45) is 16.7 Å². The van der Waals surface area contributed by atoms with Crippen LogP contribution < -0.4 is 29.6 Å². The topological polar surface area (TPSA) is 74.3 Å². The molecule has 0 aromatic heterocycles. The van der Waals surface area contributed by atoms with E-state index in [0.29, 0.717) is 12.8 Å². The molecule has 0 aromatic carbocycles. The molecule has 2 fully saturated rings. The Morgan fingerprint density at radius 3 is 2.31 bits per heavy atom. The summed E-state index contributed by atoms with van der Waals surface area (Å²) in [6.07, 6.45) is 1.88. The first kappa shape index (κ1) is 14.6. The number of carbonyl (C=O) groups excluding carboxylic acids is 1. The first-order valence-electron chi connectivity index (χ1n) is 5.16. The average Bonchev–Trinajstić information content (AvgIpc) is 2.34. The Morgan fingerprint density at radius 2 is 2.00 bits per heavy atom. The van der Waals surface area contributed by atoms with Crippen molar-refractivity contribution in [3.8, 4) is 0 Å². The van der Waals surface area contributed by atoms with E-state index < -0.39 is 21.3 Å². The van der Waals surface area contributed by atoms with Crippen LogP contribution in [0.4, 0.5) is 0 Å². The summed E-state index contributed by atoms with van der Waals surface area (Å²) in [7, 11) is -4.33. The van der Waals surface area contributed by atoms with Gasteiger partial charge < -0.3 is 4.55 Å². The Labute approximate surface area is 118 Å². The summed E-state index contributed by atoms with van der Waals surface area (Å²) >= 11 is 0. The van der Waals surface area contributed by atoms with Crippen molar-refractivity contribution >= 4 is 15.9 Å². The molecule has 2 saturated carbocycles. The van der Waals surface area contributed by atoms with Gasteiger partial charge in [0.25, 0.3) is 0 Å². The van der Waals surface area contributed by atoms with Gasteiger partial charge in [0.1, 0.15) is 5.78 Å². The van der Waals surface area contributed by atoms with E-state index >= 15 is 0 Å². The van der Waals surface area contributed by atoms with Crippen molar-refractivity contribution in [3.05, 3.63) is 0 Å². The molecule has 86 valence electrons. The Hall–Kier alpha value is 0.580. The molecule has 16 heavy (non-hydrogen) atoms. The molecule has 0 radical (unpaired) electrons. The first-order valence-corrected chi connectivity index (χ1v) is 6.74. The van der Waals surface area contributed by atoms with Crippen LogP contribution in [0.15, 0.2) is 0 Å². The monoisotopic (exact) mass is 254 g/mol. The molecule has 0 heterocycles. The maximum Gasteiger partial charge on any atom is 1.00 e. The smallest absolute Gasteiger partial charge is 0.748 e. The Balaban J connectivity index is 0.00000128. The third-order valence-corrected chi connectivity index (χ3v) is 5.41. The number of fused-ring (bicyclic) bond motifs is 2. The van der Waals surface area contributed by atoms with Gasteiger partial charge in [0.05, 0.1) is 15.9 Å². The molecule has 0 aliphatic heterocycles. The normalized spacial score (nSPS) is 36.2. The molecule has 0 saturated heterocycles. The largest absolute Gasteiger partial charge is 1.00 e. The van der Waals surface area contributed by atoms with Crippen molar-refractivity contribution in [3.63, 3.8) is 0 Å². The van der Waals surface area contributed by atoms with Crippen LogP contribution in [0, 0.1) is 16.7 Å². The van der Waals surface area contributed by atoms with E-state index in [1.807, 2.05) is 13.8 Å². The van der Waals surface area contributed by atoms with Crippen LogP contribution in [0.1, 0.15) is 33.1 Å². The minimum Gasteiger partial charge on any atom is -0.748 e. The zero-order valence-electron chi connectivity index (χ0n) is 9.95. The number of Topliss-reactive ketones (excluding diaryl/α,β-unsaturated/α-hetero) is 1. The van der Waals surface area contributed by atoms with Crippen LogP contribution in [0.2, 0.25) is 0 Å². The standard InChI is InChI=1S/C10H16O4S.Na/c1-9(2)7-3-4-10(9,8(11)5-7)6-15(12,13)14;/h7H,3-6H2,1-2H3,(H,12,13,14);/q;+1/p-1/t7-,10-;/m1./s1. The van der Waals surface area contributed by atoms with Gasteiger partial charge in [0.2, 0.25) is 0 Å².